The van der Waals surface area contributed by atoms with Crippen molar-refractivity contribution in [2.24, 2.45) is 5.41 Å². The van der Waals surface area contributed by atoms with E-state index in [4.69, 9.17) is 19.5 Å². The van der Waals surface area contributed by atoms with Crippen LogP contribution in [-0.2, 0) is 41.1 Å². The Morgan fingerprint density at radius 1 is 1.16 bits per heavy atom. The minimum atomic E-state index is -5.48. The molecule has 9 N–H and O–H groups in total. The molecule has 3 heterocycles. The number of phosphoric acid groups is 3. The summed E-state index contributed by atoms with van der Waals surface area (Å²) in [6.07, 6.45) is -5.77. The van der Waals surface area contributed by atoms with Crippen molar-refractivity contribution in [3.8, 4) is 0 Å². The molecule has 21 nitrogen and oxygen atoms in total. The molecule has 43 heavy (non-hydrogen) atoms. The zero-order valence-electron chi connectivity index (χ0n) is 22.9. The Kier molecular flexibility index (Phi) is 11.2. The van der Waals surface area contributed by atoms with E-state index in [1.165, 1.54) is 13.8 Å². The zero-order valence-corrected chi connectivity index (χ0v) is 25.6. The number of aromatic nitrogens is 4. The topological polar surface area (TPSA) is 317 Å². The largest absolute Gasteiger partial charge is 0.481 e. The van der Waals surface area contributed by atoms with E-state index in [2.05, 4.69) is 29.1 Å². The highest BCUT2D eigenvalue weighted by Crippen LogP contribution is 2.61. The van der Waals surface area contributed by atoms with Gasteiger partial charge in [-0.25, -0.2) is 28.6 Å². The molecule has 2 aromatic rings. The molecule has 7 atom stereocenters. The number of hydrogen-bond acceptors (Lipinski definition) is 15. The number of aliphatic hydroxyl groups is 2. The number of rotatable bonds is 15. The van der Waals surface area contributed by atoms with Gasteiger partial charge >= 0.3 is 23.5 Å². The van der Waals surface area contributed by atoms with Crippen LogP contribution in [0.15, 0.2) is 12.7 Å². The molecule has 0 aromatic carbocycles. The number of nitrogens with one attached hydrogen (secondary N) is 1. The van der Waals surface area contributed by atoms with Gasteiger partial charge in [0.2, 0.25) is 5.91 Å². The number of ether oxygens (including phenoxy) is 1. The Morgan fingerprint density at radius 3 is 2.44 bits per heavy atom. The van der Waals surface area contributed by atoms with Crippen LogP contribution < -0.4 is 11.1 Å². The Bertz CT molecular complexity index is 1440. The van der Waals surface area contributed by atoms with Crippen LogP contribution in [0.1, 0.15) is 33.4 Å². The highest BCUT2D eigenvalue weighted by Gasteiger charge is 2.50. The summed E-state index contributed by atoms with van der Waals surface area (Å²) in [5.41, 5.74) is 4.45. The summed E-state index contributed by atoms with van der Waals surface area (Å²) in [4.78, 5) is 62.5. The normalized spacial score (nSPS) is 24.9. The number of amides is 1. The number of nitrogens with two attached hydrogens (primary N) is 1. The van der Waals surface area contributed by atoms with E-state index in [9.17, 15) is 48.3 Å². The van der Waals surface area contributed by atoms with E-state index < -0.39 is 78.6 Å². The van der Waals surface area contributed by atoms with Crippen LogP contribution >= 0.6 is 23.5 Å². The van der Waals surface area contributed by atoms with Crippen LogP contribution in [0.25, 0.3) is 11.2 Å². The molecule has 1 aliphatic rings. The second kappa shape index (κ2) is 13.6. The molecule has 0 bridgehead atoms. The first kappa shape index (κ1) is 35.5. The van der Waals surface area contributed by atoms with Gasteiger partial charge in [-0.15, -0.1) is 0 Å². The van der Waals surface area contributed by atoms with E-state index in [1.807, 2.05) is 0 Å². The fraction of sp³-hybridized carbons (Fsp3) is 0.684. The number of nitrogens with zero attached hydrogens (tertiary/aromatic N) is 4. The van der Waals surface area contributed by atoms with Crippen LogP contribution in [0.3, 0.4) is 0 Å². The molecule has 1 amide bonds. The summed E-state index contributed by atoms with van der Waals surface area (Å²) >= 11 is 0. The Labute approximate surface area is 243 Å². The van der Waals surface area contributed by atoms with Crippen molar-refractivity contribution >= 4 is 46.4 Å². The van der Waals surface area contributed by atoms with Crippen LogP contribution in [0.4, 0.5) is 5.82 Å². The van der Waals surface area contributed by atoms with Gasteiger partial charge in [-0.2, -0.15) is 4.31 Å². The molecule has 0 spiro atoms. The Hall–Kier alpha value is -1.93. The van der Waals surface area contributed by atoms with Gasteiger partial charge in [-0.3, -0.25) is 22.9 Å². The minimum absolute atomic E-state index is 0.0224. The first-order valence-corrected chi connectivity index (χ1v) is 16.9. The number of carbonyl (C=O) groups excluding carboxylic acids is 1. The molecule has 1 saturated heterocycles. The third kappa shape index (κ3) is 9.29. The van der Waals surface area contributed by atoms with E-state index in [0.717, 1.165) is 17.2 Å². The number of hydrogen-bond donors (Lipinski definition) is 8. The van der Waals surface area contributed by atoms with Crippen molar-refractivity contribution in [1.82, 2.24) is 24.8 Å². The van der Waals surface area contributed by atoms with E-state index in [1.54, 1.807) is 6.92 Å². The number of carbonyl (C=O) groups is 1. The molecule has 2 aromatic heterocycles. The number of imidazole rings is 1. The lowest BCUT2D eigenvalue weighted by Gasteiger charge is -2.30. The molecule has 244 valence electrons. The smallest absolute Gasteiger partial charge is 0.386 e. The van der Waals surface area contributed by atoms with Gasteiger partial charge in [0.25, 0.3) is 0 Å². The van der Waals surface area contributed by atoms with E-state index in [0.29, 0.717) is 6.42 Å². The predicted molar refractivity (Wildman–Crippen MR) is 142 cm³/mol. The summed E-state index contributed by atoms with van der Waals surface area (Å²) < 4.78 is 61.4. The summed E-state index contributed by atoms with van der Waals surface area (Å²) in [7, 11) is -16.1. The van der Waals surface area contributed by atoms with Crippen molar-refractivity contribution in [1.29, 1.82) is 0 Å². The SMILES string of the molecule is CCCNC(=O)C(O)C(C)(C)COP(=O)(O)OP(=O)(O)OCC1OC(n2cnc3c(N)ncnc32)C(O)C1OP(=O)(O)O. The van der Waals surface area contributed by atoms with Gasteiger partial charge in [0.05, 0.1) is 19.5 Å². The second-order valence-corrected chi connectivity index (χ2v) is 14.2. The van der Waals surface area contributed by atoms with Gasteiger partial charge in [-0.05, 0) is 6.42 Å². The maximum absolute atomic E-state index is 12.5. The molecule has 24 heteroatoms. The fourth-order valence-electron chi connectivity index (χ4n) is 3.80. The first-order chi connectivity index (χ1) is 19.8. The third-order valence-electron chi connectivity index (χ3n) is 5.98. The van der Waals surface area contributed by atoms with Gasteiger partial charge in [0, 0.05) is 12.0 Å². The van der Waals surface area contributed by atoms with Crippen molar-refractivity contribution in [3.05, 3.63) is 12.7 Å². The maximum Gasteiger partial charge on any atom is 0.481 e. The molecule has 3 rings (SSSR count). The second-order valence-electron chi connectivity index (χ2n) is 9.97. The lowest BCUT2D eigenvalue weighted by atomic mass is 9.87. The standard InChI is InChI=1S/C19H33N6O15P3/c1-4-5-21-17(28)14(27)19(2,3)7-37-43(34,35)40-42(32,33)36-6-10-13(39-41(29,30)31)12(26)18(38-10)25-9-24-11-15(20)22-8-23-16(11)25/h8-10,12-14,18,26-27H,4-7H2,1-3H3,(H,21,28)(H,32,33)(H,34,35)(H2,20,22,23)(H2,29,30,31). The van der Waals surface area contributed by atoms with Crippen molar-refractivity contribution in [2.45, 2.75) is 57.8 Å². The lowest BCUT2D eigenvalue weighted by Crippen LogP contribution is -2.46. The van der Waals surface area contributed by atoms with Gasteiger partial charge in [-0.1, -0.05) is 20.8 Å². The molecule has 0 saturated carbocycles. The molecule has 7 unspecified atom stereocenters. The highest BCUT2D eigenvalue weighted by molar-refractivity contribution is 7.61. The molecular formula is C19H33N6O15P3. The van der Waals surface area contributed by atoms with Crippen molar-refractivity contribution in [2.75, 3.05) is 25.5 Å². The predicted octanol–water partition coefficient (Wildman–Crippen LogP) is -0.691. The average molecular weight is 678 g/mol. The van der Waals surface area contributed by atoms with Gasteiger partial charge in [0.1, 0.15) is 36.3 Å². The Morgan fingerprint density at radius 2 is 1.81 bits per heavy atom. The Balaban J connectivity index is 1.69. The molecule has 0 radical (unpaired) electrons. The van der Waals surface area contributed by atoms with Crippen LogP contribution in [0, 0.1) is 5.41 Å². The highest BCUT2D eigenvalue weighted by atomic mass is 31.3. The zero-order chi connectivity index (χ0) is 32.4. The third-order valence-corrected chi connectivity index (χ3v) is 9.08. The monoisotopic (exact) mass is 678 g/mol. The summed E-state index contributed by atoms with van der Waals surface area (Å²) in [5, 5.41) is 23.5. The fourth-order valence-corrected chi connectivity index (χ4v) is 6.63. The van der Waals surface area contributed by atoms with Crippen LogP contribution in [-0.4, -0.2) is 99.4 Å². The van der Waals surface area contributed by atoms with Gasteiger partial charge in [0.15, 0.2) is 17.7 Å². The van der Waals surface area contributed by atoms with Crippen LogP contribution in [0.2, 0.25) is 0 Å². The molecule has 1 aliphatic heterocycles. The van der Waals surface area contributed by atoms with Crippen molar-refractivity contribution < 1.29 is 70.9 Å². The minimum Gasteiger partial charge on any atom is -0.386 e. The van der Waals surface area contributed by atoms with Crippen molar-refractivity contribution in [3.63, 3.8) is 0 Å². The van der Waals surface area contributed by atoms with E-state index >= 15 is 0 Å². The summed E-state index contributed by atoms with van der Waals surface area (Å²) in [6.45, 7) is 2.84. The number of phosphoric ester groups is 3. The average Bonchev–Trinajstić information content (AvgIpc) is 3.45. The number of nitrogen functional groups attached to an aromatic ring is 1. The van der Waals surface area contributed by atoms with E-state index in [-0.39, 0.29) is 23.5 Å². The summed E-state index contributed by atoms with van der Waals surface area (Å²) in [5.74, 6) is -0.796. The number of anilines is 1. The quantitative estimate of drug-likeness (QED) is 0.108. The molecule has 1 fully saturated rings. The summed E-state index contributed by atoms with van der Waals surface area (Å²) in [6, 6.07) is 0. The van der Waals surface area contributed by atoms with Gasteiger partial charge < -0.3 is 45.6 Å². The molecule has 0 aliphatic carbocycles. The van der Waals surface area contributed by atoms with Crippen LogP contribution in [0.5, 0.6) is 0 Å². The number of aliphatic hydroxyl groups excluding tert-OH is 2. The number of fused-ring (bicyclic) bond motifs is 1. The molecular weight excluding hydrogens is 645 g/mol. The maximum atomic E-state index is 12.5. The lowest BCUT2D eigenvalue weighted by molar-refractivity contribution is -0.136. The first-order valence-electron chi connectivity index (χ1n) is 12.4.